The molecule has 0 aliphatic carbocycles. The van der Waals surface area contributed by atoms with Crippen LogP contribution in [0.1, 0.15) is 18.4 Å². The van der Waals surface area contributed by atoms with Crippen molar-refractivity contribution in [1.29, 1.82) is 0 Å². The van der Waals surface area contributed by atoms with Crippen molar-refractivity contribution < 1.29 is 14.3 Å². The molecule has 5 nitrogen and oxygen atoms in total. The Morgan fingerprint density at radius 1 is 1.24 bits per heavy atom. The molecule has 1 amide bonds. The Labute approximate surface area is 131 Å². The fourth-order valence-electron chi connectivity index (χ4n) is 2.51. The van der Waals surface area contributed by atoms with E-state index in [1.54, 1.807) is 14.2 Å². The van der Waals surface area contributed by atoms with E-state index in [4.69, 9.17) is 15.2 Å². The number of carbonyl (C=O) groups excluding carboxylic acids is 1. The highest BCUT2D eigenvalue weighted by Gasteiger charge is 2.23. The van der Waals surface area contributed by atoms with Gasteiger partial charge in [0.15, 0.2) is 0 Å². The summed E-state index contributed by atoms with van der Waals surface area (Å²) in [5.41, 5.74) is 6.67. The molecule has 1 aromatic rings. The molecule has 0 spiro atoms. The Bertz CT molecular complexity index is 452. The number of hydrogen-bond donors (Lipinski definition) is 1. The maximum Gasteiger partial charge on any atom is 0.227 e. The highest BCUT2D eigenvalue weighted by atomic mass is 35.5. The molecule has 1 aliphatic heterocycles. The van der Waals surface area contributed by atoms with Crippen molar-refractivity contribution in [2.75, 3.05) is 27.3 Å². The molecule has 0 aromatic heterocycles. The van der Waals surface area contributed by atoms with Crippen LogP contribution >= 0.6 is 12.4 Å². The van der Waals surface area contributed by atoms with E-state index in [2.05, 4.69) is 0 Å². The first kappa shape index (κ1) is 17.6. The molecule has 0 radical (unpaired) electrons. The first-order valence-electron chi connectivity index (χ1n) is 6.89. The zero-order valence-electron chi connectivity index (χ0n) is 12.5. The van der Waals surface area contributed by atoms with Crippen LogP contribution in [0.25, 0.3) is 0 Å². The number of ether oxygens (including phenoxy) is 2. The van der Waals surface area contributed by atoms with Crippen molar-refractivity contribution >= 4 is 18.3 Å². The van der Waals surface area contributed by atoms with Crippen molar-refractivity contribution in [3.05, 3.63) is 23.8 Å². The fourth-order valence-corrected chi connectivity index (χ4v) is 2.51. The summed E-state index contributed by atoms with van der Waals surface area (Å²) in [7, 11) is 3.20. The van der Waals surface area contributed by atoms with Gasteiger partial charge >= 0.3 is 0 Å². The molecule has 6 heteroatoms. The second-order valence-electron chi connectivity index (χ2n) is 5.04. The third-order valence-corrected chi connectivity index (χ3v) is 3.75. The third kappa shape index (κ3) is 4.25. The molecular formula is C15H23ClN2O3. The summed E-state index contributed by atoms with van der Waals surface area (Å²) in [5.74, 6) is 1.47. The van der Waals surface area contributed by atoms with Gasteiger partial charge in [-0.15, -0.1) is 12.4 Å². The number of rotatable bonds is 4. The van der Waals surface area contributed by atoms with Crippen LogP contribution in [0.2, 0.25) is 0 Å². The lowest BCUT2D eigenvalue weighted by molar-refractivity contribution is -0.131. The zero-order valence-corrected chi connectivity index (χ0v) is 13.3. The zero-order chi connectivity index (χ0) is 14.5. The van der Waals surface area contributed by atoms with Crippen LogP contribution < -0.4 is 15.2 Å². The fraction of sp³-hybridized carbons (Fsp3) is 0.533. The van der Waals surface area contributed by atoms with Gasteiger partial charge in [0.05, 0.1) is 20.6 Å². The van der Waals surface area contributed by atoms with Crippen molar-refractivity contribution in [1.82, 2.24) is 4.90 Å². The Morgan fingerprint density at radius 2 is 1.76 bits per heavy atom. The van der Waals surface area contributed by atoms with Crippen LogP contribution in [0.15, 0.2) is 18.2 Å². The Morgan fingerprint density at radius 3 is 2.24 bits per heavy atom. The number of piperidine rings is 1. The first-order valence-corrected chi connectivity index (χ1v) is 6.89. The van der Waals surface area contributed by atoms with Crippen molar-refractivity contribution in [2.45, 2.75) is 25.3 Å². The molecule has 1 heterocycles. The number of likely N-dealkylation sites (tertiary alicyclic amines) is 1. The van der Waals surface area contributed by atoms with Crippen molar-refractivity contribution in [3.63, 3.8) is 0 Å². The predicted molar refractivity (Wildman–Crippen MR) is 84.3 cm³/mol. The van der Waals surface area contributed by atoms with E-state index in [0.717, 1.165) is 31.5 Å². The van der Waals surface area contributed by atoms with Gasteiger partial charge in [0.2, 0.25) is 5.91 Å². The third-order valence-electron chi connectivity index (χ3n) is 3.75. The largest absolute Gasteiger partial charge is 0.496 e. The number of halogens is 1. The van der Waals surface area contributed by atoms with Gasteiger partial charge < -0.3 is 20.1 Å². The lowest BCUT2D eigenvalue weighted by atomic mass is 10.0. The molecule has 2 N–H and O–H groups in total. The second kappa shape index (κ2) is 8.10. The highest BCUT2D eigenvalue weighted by molar-refractivity contribution is 5.85. The number of hydrogen-bond acceptors (Lipinski definition) is 4. The van der Waals surface area contributed by atoms with Crippen LogP contribution in [-0.2, 0) is 11.2 Å². The molecule has 21 heavy (non-hydrogen) atoms. The van der Waals surface area contributed by atoms with Crippen LogP contribution in [0.5, 0.6) is 11.5 Å². The minimum Gasteiger partial charge on any atom is -0.496 e. The maximum absolute atomic E-state index is 12.4. The summed E-state index contributed by atoms with van der Waals surface area (Å²) in [4.78, 5) is 14.3. The van der Waals surface area contributed by atoms with Crippen LogP contribution in [0.4, 0.5) is 0 Å². The van der Waals surface area contributed by atoms with Crippen LogP contribution in [-0.4, -0.2) is 44.2 Å². The van der Waals surface area contributed by atoms with E-state index < -0.39 is 0 Å². The predicted octanol–water partition coefficient (Wildman–Crippen LogP) is 1.62. The van der Waals surface area contributed by atoms with E-state index in [9.17, 15) is 4.79 Å². The van der Waals surface area contributed by atoms with E-state index in [1.165, 1.54) is 0 Å². The number of carbonyl (C=O) groups is 1. The average molecular weight is 315 g/mol. The molecule has 1 saturated heterocycles. The monoisotopic (exact) mass is 314 g/mol. The molecule has 1 fully saturated rings. The van der Waals surface area contributed by atoms with E-state index in [-0.39, 0.29) is 24.4 Å². The van der Waals surface area contributed by atoms with E-state index in [0.29, 0.717) is 17.9 Å². The van der Waals surface area contributed by atoms with E-state index >= 15 is 0 Å². The topological polar surface area (TPSA) is 64.8 Å². The highest BCUT2D eigenvalue weighted by Crippen LogP contribution is 2.29. The first-order chi connectivity index (χ1) is 9.65. The van der Waals surface area contributed by atoms with Gasteiger partial charge in [-0.3, -0.25) is 4.79 Å². The number of nitrogens with zero attached hydrogens (tertiary/aromatic N) is 1. The summed E-state index contributed by atoms with van der Waals surface area (Å²) >= 11 is 0. The molecule has 0 unspecified atom stereocenters. The molecule has 0 bridgehead atoms. The standard InChI is InChI=1S/C15H22N2O3.ClH/c1-19-13-4-3-5-14(20-2)12(13)10-15(18)17-8-6-11(16)7-9-17;/h3-5,11H,6-10,16H2,1-2H3;1H. The van der Waals surface area contributed by atoms with Gasteiger partial charge in [0, 0.05) is 24.7 Å². The van der Waals surface area contributed by atoms with Crippen LogP contribution in [0, 0.1) is 0 Å². The van der Waals surface area contributed by atoms with Crippen molar-refractivity contribution in [3.8, 4) is 11.5 Å². The normalized spacial score (nSPS) is 15.3. The average Bonchev–Trinajstić information content (AvgIpc) is 2.48. The summed E-state index contributed by atoms with van der Waals surface area (Å²) in [5, 5.41) is 0. The van der Waals surface area contributed by atoms with Crippen LogP contribution in [0.3, 0.4) is 0 Å². The number of amides is 1. The molecule has 0 saturated carbocycles. The number of nitrogens with two attached hydrogens (primary N) is 1. The lowest BCUT2D eigenvalue weighted by Gasteiger charge is -2.30. The Kier molecular flexibility index (Phi) is 6.78. The molecule has 1 aliphatic rings. The minimum absolute atomic E-state index is 0. The summed E-state index contributed by atoms with van der Waals surface area (Å²) in [6.45, 7) is 1.47. The Hall–Kier alpha value is -1.46. The smallest absolute Gasteiger partial charge is 0.227 e. The lowest BCUT2D eigenvalue weighted by Crippen LogP contribution is -2.43. The summed E-state index contributed by atoms with van der Waals surface area (Å²) in [6.07, 6.45) is 2.03. The molecular weight excluding hydrogens is 292 g/mol. The van der Waals surface area contributed by atoms with Gasteiger partial charge in [-0.2, -0.15) is 0 Å². The van der Waals surface area contributed by atoms with E-state index in [1.807, 2.05) is 23.1 Å². The Balaban J connectivity index is 0.00000220. The van der Waals surface area contributed by atoms with Gasteiger partial charge in [-0.25, -0.2) is 0 Å². The molecule has 1 aromatic carbocycles. The van der Waals surface area contributed by atoms with Gasteiger partial charge in [-0.1, -0.05) is 6.07 Å². The van der Waals surface area contributed by atoms with Gasteiger partial charge in [-0.05, 0) is 25.0 Å². The second-order valence-corrected chi connectivity index (χ2v) is 5.04. The number of methoxy groups -OCH3 is 2. The quantitative estimate of drug-likeness (QED) is 0.917. The molecule has 2 rings (SSSR count). The summed E-state index contributed by atoms with van der Waals surface area (Å²) in [6, 6.07) is 5.76. The van der Waals surface area contributed by atoms with Gasteiger partial charge in [0.1, 0.15) is 11.5 Å². The van der Waals surface area contributed by atoms with Gasteiger partial charge in [0.25, 0.3) is 0 Å². The van der Waals surface area contributed by atoms with Crippen molar-refractivity contribution in [2.24, 2.45) is 5.73 Å². The minimum atomic E-state index is 0. The molecule has 0 atom stereocenters. The summed E-state index contributed by atoms with van der Waals surface area (Å²) < 4.78 is 10.6. The number of benzene rings is 1. The molecule has 118 valence electrons. The SMILES string of the molecule is COc1cccc(OC)c1CC(=O)N1CCC(N)CC1.Cl. The maximum atomic E-state index is 12.4.